The molecule has 2 nitrogen and oxygen atoms in total. The van der Waals surface area contributed by atoms with Crippen LogP contribution in [0.5, 0.6) is 5.75 Å². The van der Waals surface area contributed by atoms with Crippen molar-refractivity contribution in [3.63, 3.8) is 0 Å². The summed E-state index contributed by atoms with van der Waals surface area (Å²) in [6.45, 7) is 0. The average molecular weight is 432 g/mol. The van der Waals surface area contributed by atoms with Gasteiger partial charge < -0.3 is 10.5 Å². The predicted octanol–water partition coefficient (Wildman–Crippen LogP) is 4.30. The van der Waals surface area contributed by atoms with Crippen molar-refractivity contribution in [3.05, 3.63) is 61.6 Å². The van der Waals surface area contributed by atoms with Crippen molar-refractivity contribution in [1.29, 1.82) is 0 Å². The molecule has 2 N–H and O–H groups in total. The second kappa shape index (κ2) is 6.72. The van der Waals surface area contributed by atoms with Gasteiger partial charge in [-0.1, -0.05) is 28.1 Å². The Morgan fingerprint density at radius 2 is 1.89 bits per heavy atom. The molecule has 2 aromatic rings. The van der Waals surface area contributed by atoms with E-state index in [9.17, 15) is 0 Å². The molecule has 0 aliphatic heterocycles. The van der Waals surface area contributed by atoms with Crippen LogP contribution in [0.25, 0.3) is 0 Å². The minimum Gasteiger partial charge on any atom is -0.497 e. The van der Waals surface area contributed by atoms with E-state index in [1.54, 1.807) is 7.11 Å². The van der Waals surface area contributed by atoms with Crippen LogP contribution in [0.1, 0.15) is 17.2 Å². The standard InChI is InChI=1S/C15H15BrINO/c1-19-13-6-7-14(16)11(8-13)9-15(18)10-2-4-12(17)5-3-10/h2-8,15H,9,18H2,1H3. The largest absolute Gasteiger partial charge is 0.497 e. The van der Waals surface area contributed by atoms with Gasteiger partial charge in [0.15, 0.2) is 0 Å². The third kappa shape index (κ3) is 3.94. The maximum atomic E-state index is 6.27. The van der Waals surface area contributed by atoms with E-state index in [1.165, 1.54) is 3.57 Å². The second-order valence-electron chi connectivity index (χ2n) is 4.32. The molecular formula is C15H15BrINO. The third-order valence-corrected chi connectivity index (χ3v) is 4.48. The van der Waals surface area contributed by atoms with Gasteiger partial charge >= 0.3 is 0 Å². The Morgan fingerprint density at radius 3 is 2.53 bits per heavy atom. The summed E-state index contributed by atoms with van der Waals surface area (Å²) in [4.78, 5) is 0. The lowest BCUT2D eigenvalue weighted by Gasteiger charge is -2.14. The monoisotopic (exact) mass is 431 g/mol. The van der Waals surface area contributed by atoms with Crippen LogP contribution in [-0.4, -0.2) is 7.11 Å². The summed E-state index contributed by atoms with van der Waals surface area (Å²) >= 11 is 5.85. The molecule has 0 amide bonds. The average Bonchev–Trinajstić information content (AvgIpc) is 2.42. The van der Waals surface area contributed by atoms with E-state index in [1.807, 2.05) is 18.2 Å². The van der Waals surface area contributed by atoms with Gasteiger partial charge in [0, 0.05) is 14.1 Å². The lowest BCUT2D eigenvalue weighted by atomic mass is 10.00. The lowest BCUT2D eigenvalue weighted by Crippen LogP contribution is -2.13. The van der Waals surface area contributed by atoms with Crippen LogP contribution >= 0.6 is 38.5 Å². The molecular weight excluding hydrogens is 417 g/mol. The van der Waals surface area contributed by atoms with E-state index >= 15 is 0 Å². The normalized spacial score (nSPS) is 12.2. The van der Waals surface area contributed by atoms with Crippen LogP contribution in [0.3, 0.4) is 0 Å². The van der Waals surface area contributed by atoms with Crippen LogP contribution in [0.2, 0.25) is 0 Å². The smallest absolute Gasteiger partial charge is 0.119 e. The highest BCUT2D eigenvalue weighted by molar-refractivity contribution is 14.1. The number of ether oxygens (including phenoxy) is 1. The van der Waals surface area contributed by atoms with Gasteiger partial charge in [-0.15, -0.1) is 0 Å². The van der Waals surface area contributed by atoms with Gasteiger partial charge in [0.1, 0.15) is 5.75 Å². The highest BCUT2D eigenvalue weighted by Crippen LogP contribution is 2.26. The van der Waals surface area contributed by atoms with Crippen LogP contribution in [0, 0.1) is 3.57 Å². The van der Waals surface area contributed by atoms with E-state index in [2.05, 4.69) is 62.8 Å². The van der Waals surface area contributed by atoms with Crippen molar-refractivity contribution in [1.82, 2.24) is 0 Å². The Morgan fingerprint density at radius 1 is 1.21 bits per heavy atom. The Kier molecular flexibility index (Phi) is 5.24. The fraction of sp³-hybridized carbons (Fsp3) is 0.200. The molecule has 0 saturated heterocycles. The highest BCUT2D eigenvalue weighted by atomic mass is 127. The van der Waals surface area contributed by atoms with Gasteiger partial charge in [-0.05, 0) is 70.5 Å². The van der Waals surface area contributed by atoms with Crippen molar-refractivity contribution in [2.24, 2.45) is 5.73 Å². The molecule has 0 heterocycles. The fourth-order valence-electron chi connectivity index (χ4n) is 1.90. The zero-order valence-corrected chi connectivity index (χ0v) is 14.3. The zero-order valence-electron chi connectivity index (χ0n) is 10.6. The summed E-state index contributed by atoms with van der Waals surface area (Å²) in [5, 5.41) is 0. The van der Waals surface area contributed by atoms with Gasteiger partial charge in [0.2, 0.25) is 0 Å². The summed E-state index contributed by atoms with van der Waals surface area (Å²) in [5.41, 5.74) is 8.58. The SMILES string of the molecule is COc1ccc(Br)c(CC(N)c2ccc(I)cc2)c1. The summed E-state index contributed by atoms with van der Waals surface area (Å²) in [6.07, 6.45) is 0.776. The Hall–Kier alpha value is -0.590. The molecule has 0 spiro atoms. The molecule has 2 rings (SSSR count). The van der Waals surface area contributed by atoms with Crippen LogP contribution in [-0.2, 0) is 6.42 Å². The molecule has 0 fully saturated rings. The molecule has 1 atom stereocenters. The lowest BCUT2D eigenvalue weighted by molar-refractivity contribution is 0.414. The van der Waals surface area contributed by atoms with Crippen molar-refractivity contribution < 1.29 is 4.74 Å². The number of nitrogens with two attached hydrogens (primary N) is 1. The van der Waals surface area contributed by atoms with Crippen molar-refractivity contribution >= 4 is 38.5 Å². The predicted molar refractivity (Wildman–Crippen MR) is 90.5 cm³/mol. The van der Waals surface area contributed by atoms with E-state index in [4.69, 9.17) is 10.5 Å². The molecule has 0 radical (unpaired) electrons. The second-order valence-corrected chi connectivity index (χ2v) is 6.42. The van der Waals surface area contributed by atoms with Gasteiger partial charge in [-0.25, -0.2) is 0 Å². The van der Waals surface area contributed by atoms with Gasteiger partial charge in [0.05, 0.1) is 7.11 Å². The summed E-state index contributed by atoms with van der Waals surface area (Å²) in [6, 6.07) is 14.3. The molecule has 2 aromatic carbocycles. The topological polar surface area (TPSA) is 35.2 Å². The first kappa shape index (κ1) is 14.8. The van der Waals surface area contributed by atoms with Crippen molar-refractivity contribution in [2.45, 2.75) is 12.5 Å². The number of hydrogen-bond acceptors (Lipinski definition) is 2. The Labute approximate surface area is 135 Å². The number of halogens is 2. The minimum absolute atomic E-state index is 0.0135. The molecule has 0 aliphatic carbocycles. The van der Waals surface area contributed by atoms with Crippen LogP contribution in [0.15, 0.2) is 46.9 Å². The fourth-order valence-corrected chi connectivity index (χ4v) is 2.67. The number of hydrogen-bond donors (Lipinski definition) is 1. The van der Waals surface area contributed by atoms with Gasteiger partial charge in [-0.3, -0.25) is 0 Å². The molecule has 0 saturated carbocycles. The molecule has 0 aromatic heterocycles. The summed E-state index contributed by atoms with van der Waals surface area (Å²) < 4.78 is 7.53. The van der Waals surface area contributed by atoms with Crippen LogP contribution in [0.4, 0.5) is 0 Å². The molecule has 0 bridgehead atoms. The number of rotatable bonds is 4. The Balaban J connectivity index is 2.18. The highest BCUT2D eigenvalue weighted by Gasteiger charge is 2.10. The van der Waals surface area contributed by atoms with Crippen molar-refractivity contribution in [2.75, 3.05) is 7.11 Å². The van der Waals surface area contributed by atoms with E-state index in [-0.39, 0.29) is 6.04 Å². The summed E-state index contributed by atoms with van der Waals surface area (Å²) in [5.74, 6) is 0.855. The molecule has 0 aliphatic rings. The summed E-state index contributed by atoms with van der Waals surface area (Å²) in [7, 11) is 1.67. The quantitative estimate of drug-likeness (QED) is 0.732. The molecule has 4 heteroatoms. The zero-order chi connectivity index (χ0) is 13.8. The first-order valence-electron chi connectivity index (χ1n) is 5.93. The molecule has 100 valence electrons. The third-order valence-electron chi connectivity index (χ3n) is 2.99. The van der Waals surface area contributed by atoms with Gasteiger partial charge in [-0.2, -0.15) is 0 Å². The number of benzene rings is 2. The molecule has 1 unspecified atom stereocenters. The van der Waals surface area contributed by atoms with E-state index in [0.29, 0.717) is 0 Å². The molecule has 19 heavy (non-hydrogen) atoms. The van der Waals surface area contributed by atoms with E-state index in [0.717, 1.165) is 27.8 Å². The maximum Gasteiger partial charge on any atom is 0.119 e. The number of methoxy groups -OCH3 is 1. The van der Waals surface area contributed by atoms with Crippen LogP contribution < -0.4 is 10.5 Å². The minimum atomic E-state index is -0.0135. The maximum absolute atomic E-state index is 6.27. The first-order valence-corrected chi connectivity index (χ1v) is 7.81. The Bertz CT molecular complexity index is 557. The first-order chi connectivity index (χ1) is 9.10. The van der Waals surface area contributed by atoms with Gasteiger partial charge in [0.25, 0.3) is 0 Å². The van der Waals surface area contributed by atoms with E-state index < -0.39 is 0 Å². The van der Waals surface area contributed by atoms with Crippen molar-refractivity contribution in [3.8, 4) is 5.75 Å².